The molecule has 40 heavy (non-hydrogen) atoms. The molecule has 3 aromatic heterocycles. The number of benzene rings is 1. The number of pyridine rings is 2. The largest absolute Gasteiger partial charge is 0.395 e. The van der Waals surface area contributed by atoms with Gasteiger partial charge in [-0.1, -0.05) is 37.0 Å². The first kappa shape index (κ1) is 28.1. The van der Waals surface area contributed by atoms with E-state index < -0.39 is 50.1 Å². The van der Waals surface area contributed by atoms with Gasteiger partial charge in [0.05, 0.1) is 32.5 Å². The van der Waals surface area contributed by atoms with Gasteiger partial charge in [-0.2, -0.15) is 4.98 Å². The van der Waals surface area contributed by atoms with Crippen molar-refractivity contribution < 1.29 is 13.2 Å². The molecule has 210 valence electrons. The Bertz CT molecular complexity index is 1700. The topological polar surface area (TPSA) is 102 Å². The molecule has 4 aromatic rings. The zero-order valence-electron chi connectivity index (χ0n) is 22.1. The molecular weight excluding hydrogens is 566 g/mol. The molecule has 4 heterocycles. The summed E-state index contributed by atoms with van der Waals surface area (Å²) in [4.78, 5) is 29.1. The molecule has 1 atom stereocenters. The Kier molecular flexibility index (Phi) is 7.41. The highest BCUT2D eigenvalue weighted by molar-refractivity contribution is 6.41. The number of hydrogen-bond acceptors (Lipinski definition) is 7. The minimum Gasteiger partial charge on any atom is -0.395 e. The summed E-state index contributed by atoms with van der Waals surface area (Å²) in [5, 5.41) is 2.21. The Morgan fingerprint density at radius 1 is 1.15 bits per heavy atom. The van der Waals surface area contributed by atoms with Crippen LogP contribution >= 0.6 is 23.2 Å². The summed E-state index contributed by atoms with van der Waals surface area (Å²) in [6, 6.07) is 2.82. The molecule has 5 rings (SSSR count). The van der Waals surface area contributed by atoms with Gasteiger partial charge in [-0.25, -0.2) is 27.5 Å². The first-order valence-corrected chi connectivity index (χ1v) is 13.4. The van der Waals surface area contributed by atoms with Crippen LogP contribution in [0.2, 0.25) is 10.0 Å². The lowest BCUT2D eigenvalue weighted by Crippen LogP contribution is -2.50. The minimum atomic E-state index is -1.49. The van der Waals surface area contributed by atoms with Gasteiger partial charge in [-0.05, 0) is 37.5 Å². The molecule has 0 spiro atoms. The molecule has 1 aliphatic rings. The lowest BCUT2D eigenvalue weighted by atomic mass is 10.0. The van der Waals surface area contributed by atoms with Crippen LogP contribution in [-0.4, -0.2) is 45.2 Å². The average molecular weight is 592 g/mol. The van der Waals surface area contributed by atoms with Gasteiger partial charge in [0.25, 0.3) is 0 Å². The van der Waals surface area contributed by atoms with Gasteiger partial charge in [-0.15, -0.1) is 0 Å². The Balaban J connectivity index is 1.95. The molecule has 1 aliphatic heterocycles. The number of nitrogens with two attached hydrogens (primary N) is 1. The number of nitrogen functional groups attached to an aromatic ring is 1. The van der Waals surface area contributed by atoms with Gasteiger partial charge >= 0.3 is 5.69 Å². The monoisotopic (exact) mass is 591 g/mol. The molecule has 0 amide bonds. The Morgan fingerprint density at radius 3 is 2.55 bits per heavy atom. The number of piperazine rings is 1. The minimum absolute atomic E-state index is 0.0190. The van der Waals surface area contributed by atoms with Gasteiger partial charge in [0, 0.05) is 37.4 Å². The van der Waals surface area contributed by atoms with Gasteiger partial charge in [0.2, 0.25) is 0 Å². The van der Waals surface area contributed by atoms with Gasteiger partial charge < -0.3 is 16.0 Å². The van der Waals surface area contributed by atoms with E-state index in [1.54, 1.807) is 12.3 Å². The molecule has 0 unspecified atom stereocenters. The summed E-state index contributed by atoms with van der Waals surface area (Å²) in [7, 11) is 0. The van der Waals surface area contributed by atoms with Gasteiger partial charge in [0.1, 0.15) is 17.3 Å². The maximum atomic E-state index is 15.9. The van der Waals surface area contributed by atoms with Crippen LogP contribution in [0, 0.1) is 24.4 Å². The summed E-state index contributed by atoms with van der Waals surface area (Å²) in [6.07, 6.45) is 1.63. The predicted octanol–water partition coefficient (Wildman–Crippen LogP) is 5.38. The number of anilines is 2. The second-order valence-electron chi connectivity index (χ2n) is 10.1. The summed E-state index contributed by atoms with van der Waals surface area (Å²) < 4.78 is 46.0. The summed E-state index contributed by atoms with van der Waals surface area (Å²) in [6.45, 7) is 9.37. The van der Waals surface area contributed by atoms with Gasteiger partial charge in [0.15, 0.2) is 17.3 Å². The van der Waals surface area contributed by atoms with Crippen molar-refractivity contribution in [1.82, 2.24) is 24.8 Å². The normalized spacial score (nSPS) is 15.8. The van der Waals surface area contributed by atoms with Crippen LogP contribution in [0.25, 0.3) is 28.0 Å². The number of nitrogens with zero attached hydrogens (tertiary/aromatic N) is 5. The summed E-state index contributed by atoms with van der Waals surface area (Å²) in [5.41, 5.74) is 5.07. The van der Waals surface area contributed by atoms with E-state index in [1.165, 1.54) is 4.57 Å². The molecule has 0 aliphatic carbocycles. The highest BCUT2D eigenvalue weighted by Gasteiger charge is 2.30. The van der Waals surface area contributed by atoms with Crippen LogP contribution in [0.5, 0.6) is 0 Å². The fourth-order valence-electron chi connectivity index (χ4n) is 5.00. The number of aryl methyl sites for hydroxylation is 1. The maximum absolute atomic E-state index is 15.9. The van der Waals surface area contributed by atoms with Crippen molar-refractivity contribution in [3.05, 3.63) is 67.6 Å². The quantitative estimate of drug-likeness (QED) is 0.187. The Hall–Kier alpha value is -3.41. The van der Waals surface area contributed by atoms with Crippen LogP contribution in [0.4, 0.5) is 24.7 Å². The van der Waals surface area contributed by atoms with E-state index in [1.807, 2.05) is 32.6 Å². The van der Waals surface area contributed by atoms with Crippen molar-refractivity contribution in [2.45, 2.75) is 39.7 Å². The maximum Gasteiger partial charge on any atom is 0.355 e. The van der Waals surface area contributed by atoms with Gasteiger partial charge in [-0.3, -0.25) is 4.98 Å². The van der Waals surface area contributed by atoms with E-state index in [4.69, 9.17) is 28.9 Å². The molecule has 1 fully saturated rings. The van der Waals surface area contributed by atoms with Crippen molar-refractivity contribution in [3.63, 3.8) is 0 Å². The molecule has 3 N–H and O–H groups in total. The van der Waals surface area contributed by atoms with Crippen LogP contribution in [0.3, 0.4) is 0 Å². The third kappa shape index (κ3) is 4.46. The van der Waals surface area contributed by atoms with Crippen LogP contribution in [0.1, 0.15) is 37.9 Å². The van der Waals surface area contributed by atoms with Crippen molar-refractivity contribution in [2.75, 3.05) is 30.3 Å². The smallest absolute Gasteiger partial charge is 0.355 e. The number of rotatable bonds is 4. The zero-order valence-corrected chi connectivity index (χ0v) is 23.6. The molecule has 1 saturated heterocycles. The average Bonchev–Trinajstić information content (AvgIpc) is 2.92. The van der Waals surface area contributed by atoms with Crippen molar-refractivity contribution in [3.8, 4) is 16.9 Å². The highest BCUT2D eigenvalue weighted by Crippen LogP contribution is 2.43. The number of fused-ring (bicyclic) bond motifs is 1. The molecule has 0 saturated carbocycles. The van der Waals surface area contributed by atoms with E-state index in [9.17, 15) is 13.6 Å². The van der Waals surface area contributed by atoms with Crippen LogP contribution in [-0.2, 0) is 0 Å². The zero-order chi connectivity index (χ0) is 29.0. The summed E-state index contributed by atoms with van der Waals surface area (Å²) in [5.74, 6) is -3.74. The standard InChI is InChI=1S/C27H26Cl2F3N7O/c1-11(2)22-24(12(3)5-6-35-22)39-26-14(25(37-27(39)40)38-8-7-34-10-13(38)4)9-15(30)23(36-26)16-17(28)19(31)20(32)21(33)18(16)29/h5-6,9,11,13,34H,7-8,10,33H2,1-4H3/t13-/m0/s1. The molecule has 1 aromatic carbocycles. The fraction of sp³-hybridized carbons (Fsp3) is 0.333. The lowest BCUT2D eigenvalue weighted by molar-refractivity contribution is 0.497. The first-order chi connectivity index (χ1) is 18.9. The SMILES string of the molecule is Cc1ccnc(C(C)C)c1-n1c(=O)nc(N2CCNC[C@@H]2C)c2cc(F)c(-c3c(Cl)c(N)c(F)c(F)c3Cl)nc21. The van der Waals surface area contributed by atoms with E-state index >= 15 is 4.39 Å². The number of hydrogen-bond donors (Lipinski definition) is 2. The number of halogens is 5. The molecule has 13 heteroatoms. The lowest BCUT2D eigenvalue weighted by Gasteiger charge is -2.35. The number of aromatic nitrogens is 4. The van der Waals surface area contributed by atoms with E-state index in [0.717, 1.165) is 6.07 Å². The molecule has 0 radical (unpaired) electrons. The number of nitrogens with one attached hydrogen (secondary N) is 1. The molecule has 8 nitrogen and oxygen atoms in total. The fourth-order valence-corrected chi connectivity index (χ4v) is 5.58. The first-order valence-electron chi connectivity index (χ1n) is 12.6. The second kappa shape index (κ2) is 10.5. The van der Waals surface area contributed by atoms with E-state index in [-0.39, 0.29) is 28.8 Å². The van der Waals surface area contributed by atoms with E-state index in [0.29, 0.717) is 36.6 Å². The van der Waals surface area contributed by atoms with Crippen LogP contribution in [0.15, 0.2) is 23.1 Å². The predicted molar refractivity (Wildman–Crippen MR) is 151 cm³/mol. The second-order valence-corrected chi connectivity index (χ2v) is 10.8. The molecule has 0 bridgehead atoms. The van der Waals surface area contributed by atoms with Crippen molar-refractivity contribution in [1.29, 1.82) is 0 Å². The van der Waals surface area contributed by atoms with Crippen molar-refractivity contribution >= 4 is 45.7 Å². The third-order valence-electron chi connectivity index (χ3n) is 7.03. The van der Waals surface area contributed by atoms with E-state index in [2.05, 4.69) is 20.3 Å². The summed E-state index contributed by atoms with van der Waals surface area (Å²) >= 11 is 12.4. The third-order valence-corrected chi connectivity index (χ3v) is 7.78. The molecular formula is C27H26Cl2F3N7O. The highest BCUT2D eigenvalue weighted by atomic mass is 35.5. The van der Waals surface area contributed by atoms with Crippen LogP contribution < -0.4 is 21.6 Å². The Morgan fingerprint density at radius 2 is 1.88 bits per heavy atom. The van der Waals surface area contributed by atoms with Crippen molar-refractivity contribution in [2.24, 2.45) is 0 Å². The Labute approximate surface area is 238 Å².